The number of aliphatic hydroxyl groups is 1. The summed E-state index contributed by atoms with van der Waals surface area (Å²) in [5.74, 6) is 0.293. The fourth-order valence-corrected chi connectivity index (χ4v) is 3.00. The summed E-state index contributed by atoms with van der Waals surface area (Å²) in [5, 5.41) is 25.0. The van der Waals surface area contributed by atoms with Crippen LogP contribution in [0.5, 0.6) is 5.75 Å². The predicted molar refractivity (Wildman–Crippen MR) is 87.1 cm³/mol. The van der Waals surface area contributed by atoms with E-state index >= 15 is 0 Å². The number of piperazine rings is 1. The molecule has 0 aliphatic carbocycles. The number of hydrogen-bond acceptors (Lipinski definition) is 4. The smallest absolute Gasteiger partial charge is 0.123 e. The Balaban J connectivity index is 0.00000161. The lowest BCUT2D eigenvalue weighted by Gasteiger charge is -2.34. The topological polar surface area (TPSA) is 55.7 Å². The second-order valence-corrected chi connectivity index (χ2v) is 5.20. The van der Waals surface area contributed by atoms with E-state index in [1.54, 1.807) is 6.07 Å². The number of hydrogen-bond donors (Lipinski definition) is 3. The van der Waals surface area contributed by atoms with E-state index in [-0.39, 0.29) is 25.1 Å². The standard InChI is InChI=1S/C16H20N2O2.ClH/c19-11-15(18-9-7-17-8-10-18)13-5-6-16(20)14-4-2-1-3-12(13)14;/h1-6,15,17,19-20H,7-11H2;1H/t15-;/m0./s1. The van der Waals surface area contributed by atoms with Gasteiger partial charge in [0.2, 0.25) is 0 Å². The van der Waals surface area contributed by atoms with Crippen LogP contribution in [0.25, 0.3) is 10.8 Å². The molecule has 1 aliphatic rings. The molecule has 1 aliphatic heterocycles. The first-order valence-corrected chi connectivity index (χ1v) is 7.07. The number of nitrogens with zero attached hydrogens (tertiary/aromatic N) is 1. The number of nitrogens with one attached hydrogen (secondary N) is 1. The minimum atomic E-state index is -0.0115. The molecule has 2 aromatic rings. The lowest BCUT2D eigenvalue weighted by molar-refractivity contribution is 0.111. The molecular formula is C16H21ClN2O2. The molecule has 0 saturated carbocycles. The van der Waals surface area contributed by atoms with Gasteiger partial charge in [0.05, 0.1) is 12.6 Å². The molecule has 0 unspecified atom stereocenters. The van der Waals surface area contributed by atoms with Crippen LogP contribution in [-0.2, 0) is 0 Å². The van der Waals surface area contributed by atoms with Gasteiger partial charge in [-0.1, -0.05) is 30.3 Å². The molecule has 5 heteroatoms. The van der Waals surface area contributed by atoms with Gasteiger partial charge in [-0.3, -0.25) is 4.90 Å². The Hall–Kier alpha value is -1.33. The molecule has 114 valence electrons. The van der Waals surface area contributed by atoms with Gasteiger partial charge in [0, 0.05) is 31.6 Å². The molecule has 0 bridgehead atoms. The third-order valence-electron chi connectivity index (χ3n) is 4.06. The van der Waals surface area contributed by atoms with Crippen LogP contribution in [0.3, 0.4) is 0 Å². The van der Waals surface area contributed by atoms with Crippen LogP contribution < -0.4 is 5.32 Å². The van der Waals surface area contributed by atoms with E-state index in [1.165, 1.54) is 0 Å². The summed E-state index contributed by atoms with van der Waals surface area (Å²) in [7, 11) is 0. The highest BCUT2D eigenvalue weighted by atomic mass is 35.5. The zero-order valence-electron chi connectivity index (χ0n) is 11.8. The molecule has 3 N–H and O–H groups in total. The van der Waals surface area contributed by atoms with Crippen molar-refractivity contribution in [2.24, 2.45) is 0 Å². The van der Waals surface area contributed by atoms with E-state index in [4.69, 9.17) is 0 Å². The average Bonchev–Trinajstić information content (AvgIpc) is 2.52. The second kappa shape index (κ2) is 7.09. The highest BCUT2D eigenvalue weighted by molar-refractivity contribution is 5.91. The number of halogens is 1. The molecule has 0 spiro atoms. The van der Waals surface area contributed by atoms with E-state index in [2.05, 4.69) is 10.2 Å². The first-order valence-electron chi connectivity index (χ1n) is 7.07. The summed E-state index contributed by atoms with van der Waals surface area (Å²) < 4.78 is 0. The van der Waals surface area contributed by atoms with Gasteiger partial charge in [0.15, 0.2) is 0 Å². The minimum absolute atomic E-state index is 0. The molecule has 0 radical (unpaired) electrons. The maximum atomic E-state index is 9.97. The van der Waals surface area contributed by atoms with Crippen LogP contribution in [0.4, 0.5) is 0 Å². The van der Waals surface area contributed by atoms with E-state index in [9.17, 15) is 10.2 Å². The van der Waals surface area contributed by atoms with Crippen molar-refractivity contribution in [2.75, 3.05) is 32.8 Å². The Kier molecular flexibility index (Phi) is 5.42. The van der Waals surface area contributed by atoms with E-state index < -0.39 is 0 Å². The molecule has 1 saturated heterocycles. The van der Waals surface area contributed by atoms with Crippen LogP contribution in [-0.4, -0.2) is 47.9 Å². The van der Waals surface area contributed by atoms with Crippen LogP contribution in [0.1, 0.15) is 11.6 Å². The van der Waals surface area contributed by atoms with Crippen molar-refractivity contribution in [3.63, 3.8) is 0 Å². The number of phenols is 1. The van der Waals surface area contributed by atoms with E-state index in [0.717, 1.165) is 42.5 Å². The summed E-state index contributed by atoms with van der Waals surface area (Å²) in [6.07, 6.45) is 0. The van der Waals surface area contributed by atoms with Crippen LogP contribution in [0, 0.1) is 0 Å². The van der Waals surface area contributed by atoms with Gasteiger partial charge in [-0.2, -0.15) is 0 Å². The highest BCUT2D eigenvalue weighted by Gasteiger charge is 2.23. The summed E-state index contributed by atoms with van der Waals surface area (Å²) in [6, 6.07) is 11.5. The Morgan fingerprint density at radius 2 is 1.71 bits per heavy atom. The first kappa shape index (κ1) is 16.0. The Morgan fingerprint density at radius 3 is 2.38 bits per heavy atom. The van der Waals surface area contributed by atoms with Crippen molar-refractivity contribution >= 4 is 23.2 Å². The molecular weight excluding hydrogens is 288 g/mol. The quantitative estimate of drug-likeness (QED) is 0.811. The van der Waals surface area contributed by atoms with Gasteiger partial charge in [-0.25, -0.2) is 0 Å². The Labute approximate surface area is 130 Å². The van der Waals surface area contributed by atoms with Crippen molar-refractivity contribution < 1.29 is 10.2 Å². The lowest BCUT2D eigenvalue weighted by atomic mass is 9.97. The number of phenolic OH excluding ortho intramolecular Hbond substituents is 1. The molecule has 1 heterocycles. The second-order valence-electron chi connectivity index (χ2n) is 5.20. The Morgan fingerprint density at radius 1 is 1.05 bits per heavy atom. The zero-order valence-corrected chi connectivity index (χ0v) is 12.6. The van der Waals surface area contributed by atoms with Gasteiger partial charge in [0.1, 0.15) is 5.75 Å². The molecule has 21 heavy (non-hydrogen) atoms. The van der Waals surface area contributed by atoms with Crippen molar-refractivity contribution in [1.29, 1.82) is 0 Å². The summed E-state index contributed by atoms with van der Waals surface area (Å²) in [6.45, 7) is 3.86. The van der Waals surface area contributed by atoms with Gasteiger partial charge in [0.25, 0.3) is 0 Å². The lowest BCUT2D eigenvalue weighted by Crippen LogP contribution is -2.46. The van der Waals surface area contributed by atoms with Crippen LogP contribution in [0.15, 0.2) is 36.4 Å². The predicted octanol–water partition coefficient (Wildman–Crippen LogP) is 1.91. The van der Waals surface area contributed by atoms with Gasteiger partial charge >= 0.3 is 0 Å². The largest absolute Gasteiger partial charge is 0.507 e. The van der Waals surface area contributed by atoms with E-state index in [1.807, 2.05) is 30.3 Å². The maximum absolute atomic E-state index is 9.97. The number of benzene rings is 2. The molecule has 4 nitrogen and oxygen atoms in total. The van der Waals surface area contributed by atoms with E-state index in [0.29, 0.717) is 5.75 Å². The van der Waals surface area contributed by atoms with Gasteiger partial charge in [-0.05, 0) is 17.0 Å². The first-order chi connectivity index (χ1) is 9.81. The molecule has 2 aromatic carbocycles. The molecule has 1 fully saturated rings. The number of aromatic hydroxyl groups is 1. The number of rotatable bonds is 3. The molecule has 3 rings (SSSR count). The van der Waals surface area contributed by atoms with Crippen molar-refractivity contribution in [2.45, 2.75) is 6.04 Å². The molecule has 0 amide bonds. The maximum Gasteiger partial charge on any atom is 0.123 e. The van der Waals surface area contributed by atoms with Gasteiger partial charge in [-0.15, -0.1) is 12.4 Å². The van der Waals surface area contributed by atoms with Crippen molar-refractivity contribution in [1.82, 2.24) is 10.2 Å². The molecule has 1 atom stereocenters. The summed E-state index contributed by atoms with van der Waals surface area (Å²) >= 11 is 0. The fourth-order valence-electron chi connectivity index (χ4n) is 3.00. The molecule has 0 aromatic heterocycles. The SMILES string of the molecule is Cl.OC[C@@H](c1ccc(O)c2ccccc12)N1CCNCC1. The van der Waals surface area contributed by atoms with Crippen LogP contribution in [0.2, 0.25) is 0 Å². The minimum Gasteiger partial charge on any atom is -0.507 e. The average molecular weight is 309 g/mol. The zero-order chi connectivity index (χ0) is 13.9. The Bertz CT molecular complexity index is 600. The third kappa shape index (κ3) is 3.14. The number of fused-ring (bicyclic) bond motifs is 1. The monoisotopic (exact) mass is 308 g/mol. The van der Waals surface area contributed by atoms with Crippen LogP contribution >= 0.6 is 12.4 Å². The fraction of sp³-hybridized carbons (Fsp3) is 0.375. The summed E-state index contributed by atoms with van der Waals surface area (Å²) in [5.41, 5.74) is 1.09. The van der Waals surface area contributed by atoms with Crippen molar-refractivity contribution in [3.8, 4) is 5.75 Å². The normalized spacial score (nSPS) is 17.4. The van der Waals surface area contributed by atoms with Crippen molar-refractivity contribution in [3.05, 3.63) is 42.0 Å². The summed E-state index contributed by atoms with van der Waals surface area (Å²) in [4.78, 5) is 2.30. The highest BCUT2D eigenvalue weighted by Crippen LogP contribution is 2.33. The number of aliphatic hydroxyl groups excluding tert-OH is 1. The third-order valence-corrected chi connectivity index (χ3v) is 4.06. The van der Waals surface area contributed by atoms with Gasteiger partial charge < -0.3 is 15.5 Å².